The van der Waals surface area contributed by atoms with Gasteiger partial charge in [-0.3, -0.25) is 9.69 Å². The number of aliphatic carboxylic acids is 1. The van der Waals surface area contributed by atoms with Crippen molar-refractivity contribution in [1.82, 2.24) is 9.88 Å². The quantitative estimate of drug-likeness (QED) is 0.868. The molecule has 0 amide bonds. The molecule has 0 radical (unpaired) electrons. The van der Waals surface area contributed by atoms with Crippen LogP contribution in [0.4, 0.5) is 0 Å². The van der Waals surface area contributed by atoms with Gasteiger partial charge < -0.3 is 9.52 Å². The first-order valence-corrected chi connectivity index (χ1v) is 7.60. The summed E-state index contributed by atoms with van der Waals surface area (Å²) in [6, 6.07) is 7.31. The second-order valence-electron chi connectivity index (χ2n) is 5.12. The smallest absolute Gasteiger partial charge is 0.320 e. The molecular formula is C15H16BrClN2O3. The van der Waals surface area contributed by atoms with Gasteiger partial charge in [0.25, 0.3) is 0 Å². The van der Waals surface area contributed by atoms with Gasteiger partial charge in [-0.15, -0.1) is 12.4 Å². The Morgan fingerprint density at radius 2 is 2.14 bits per heavy atom. The molecule has 0 bridgehead atoms. The van der Waals surface area contributed by atoms with Crippen molar-refractivity contribution in [3.63, 3.8) is 0 Å². The van der Waals surface area contributed by atoms with E-state index in [0.29, 0.717) is 18.9 Å². The summed E-state index contributed by atoms with van der Waals surface area (Å²) in [4.78, 5) is 17.6. The fourth-order valence-electron chi connectivity index (χ4n) is 2.61. The van der Waals surface area contributed by atoms with Crippen molar-refractivity contribution in [2.24, 2.45) is 0 Å². The van der Waals surface area contributed by atoms with Gasteiger partial charge in [0.05, 0.1) is 5.69 Å². The molecule has 7 heteroatoms. The fourth-order valence-corrected chi connectivity index (χ4v) is 2.87. The van der Waals surface area contributed by atoms with Gasteiger partial charge in [-0.2, -0.15) is 0 Å². The first kappa shape index (κ1) is 17.0. The van der Waals surface area contributed by atoms with Crippen LogP contribution < -0.4 is 0 Å². The molecule has 2 heterocycles. The average Bonchev–Trinajstić information content (AvgIpc) is 3.09. The number of likely N-dealkylation sites (tertiary alicyclic amines) is 1. The molecule has 2 aromatic rings. The molecule has 22 heavy (non-hydrogen) atoms. The summed E-state index contributed by atoms with van der Waals surface area (Å²) in [5.41, 5.74) is 1.67. The molecule has 1 fully saturated rings. The van der Waals surface area contributed by atoms with Gasteiger partial charge >= 0.3 is 5.97 Å². The molecule has 3 rings (SSSR count). The Hall–Kier alpha value is -1.37. The zero-order valence-electron chi connectivity index (χ0n) is 11.7. The normalized spacial score (nSPS) is 18.1. The Balaban J connectivity index is 0.00000176. The van der Waals surface area contributed by atoms with Crippen molar-refractivity contribution in [3.8, 4) is 11.5 Å². The molecule has 0 spiro atoms. The van der Waals surface area contributed by atoms with Gasteiger partial charge in [-0.25, -0.2) is 4.98 Å². The van der Waals surface area contributed by atoms with E-state index in [2.05, 4.69) is 20.9 Å². The van der Waals surface area contributed by atoms with Crippen LogP contribution in [0.15, 0.2) is 39.4 Å². The highest BCUT2D eigenvalue weighted by Gasteiger charge is 2.30. The number of halogens is 2. The number of hydrogen-bond donors (Lipinski definition) is 1. The topological polar surface area (TPSA) is 66.6 Å². The number of hydrogen-bond acceptors (Lipinski definition) is 4. The largest absolute Gasteiger partial charge is 0.480 e. The molecule has 118 valence electrons. The van der Waals surface area contributed by atoms with Crippen LogP contribution in [0.2, 0.25) is 0 Å². The van der Waals surface area contributed by atoms with Crippen LogP contribution in [0.1, 0.15) is 18.5 Å². The van der Waals surface area contributed by atoms with E-state index in [1.54, 1.807) is 6.26 Å². The number of rotatable bonds is 4. The highest BCUT2D eigenvalue weighted by atomic mass is 79.9. The third-order valence-electron chi connectivity index (χ3n) is 3.66. The minimum absolute atomic E-state index is 0. The van der Waals surface area contributed by atoms with Crippen LogP contribution in [0.3, 0.4) is 0 Å². The lowest BCUT2D eigenvalue weighted by atomic mass is 10.2. The predicted octanol–water partition coefficient (Wildman–Crippen LogP) is 3.57. The molecule has 1 aromatic heterocycles. The van der Waals surface area contributed by atoms with Gasteiger partial charge in [0.15, 0.2) is 0 Å². The second-order valence-corrected chi connectivity index (χ2v) is 6.03. The summed E-state index contributed by atoms with van der Waals surface area (Å²) in [5, 5.41) is 9.18. The first-order chi connectivity index (χ1) is 10.1. The number of carboxylic acids is 1. The number of carbonyl (C=O) groups is 1. The Bertz CT molecular complexity index is 644. The summed E-state index contributed by atoms with van der Waals surface area (Å²) in [5.74, 6) is -0.201. The van der Waals surface area contributed by atoms with E-state index in [1.807, 2.05) is 29.2 Å². The third-order valence-corrected chi connectivity index (χ3v) is 4.19. The highest BCUT2D eigenvalue weighted by molar-refractivity contribution is 9.10. The maximum absolute atomic E-state index is 11.2. The van der Waals surface area contributed by atoms with Gasteiger partial charge in [0, 0.05) is 16.6 Å². The van der Waals surface area contributed by atoms with E-state index >= 15 is 0 Å². The Kier molecular flexibility index (Phi) is 5.61. The first-order valence-electron chi connectivity index (χ1n) is 6.80. The van der Waals surface area contributed by atoms with Crippen molar-refractivity contribution < 1.29 is 14.3 Å². The summed E-state index contributed by atoms with van der Waals surface area (Å²) in [6.07, 6.45) is 3.22. The Morgan fingerprint density at radius 1 is 1.41 bits per heavy atom. The molecule has 0 unspecified atom stereocenters. The number of carboxylic acid groups (broad SMARTS) is 1. The zero-order valence-corrected chi connectivity index (χ0v) is 14.1. The van der Waals surface area contributed by atoms with Crippen LogP contribution in [0, 0.1) is 0 Å². The van der Waals surface area contributed by atoms with Crippen LogP contribution in [0.25, 0.3) is 11.5 Å². The van der Waals surface area contributed by atoms with E-state index in [0.717, 1.165) is 28.7 Å². The fraction of sp³-hybridized carbons (Fsp3) is 0.333. The van der Waals surface area contributed by atoms with Crippen molar-refractivity contribution in [2.75, 3.05) is 6.54 Å². The van der Waals surface area contributed by atoms with Gasteiger partial charge in [0.2, 0.25) is 5.89 Å². The Labute approximate surface area is 142 Å². The zero-order chi connectivity index (χ0) is 14.8. The number of oxazole rings is 1. The SMILES string of the molecule is Cl.O=C(O)[C@H]1CCCN1Cc1coc(-c2ccc(Br)cc2)n1. The second kappa shape index (κ2) is 7.26. The minimum atomic E-state index is -0.760. The minimum Gasteiger partial charge on any atom is -0.480 e. The van der Waals surface area contributed by atoms with Crippen molar-refractivity contribution in [2.45, 2.75) is 25.4 Å². The molecule has 0 aliphatic carbocycles. The summed E-state index contributed by atoms with van der Waals surface area (Å²) >= 11 is 3.39. The lowest BCUT2D eigenvalue weighted by Crippen LogP contribution is -2.35. The summed E-state index contributed by atoms with van der Waals surface area (Å²) in [6.45, 7) is 1.30. The van der Waals surface area contributed by atoms with E-state index in [1.165, 1.54) is 0 Å². The van der Waals surface area contributed by atoms with E-state index in [9.17, 15) is 9.90 Å². The summed E-state index contributed by atoms with van der Waals surface area (Å²) < 4.78 is 6.50. The number of benzene rings is 1. The van der Waals surface area contributed by atoms with E-state index in [-0.39, 0.29) is 12.4 Å². The molecule has 0 saturated carbocycles. The van der Waals surface area contributed by atoms with Crippen molar-refractivity contribution >= 4 is 34.3 Å². The molecular weight excluding hydrogens is 372 g/mol. The lowest BCUT2D eigenvalue weighted by molar-refractivity contribution is -0.142. The Morgan fingerprint density at radius 3 is 2.82 bits per heavy atom. The van der Waals surface area contributed by atoms with Crippen LogP contribution >= 0.6 is 28.3 Å². The average molecular weight is 388 g/mol. The molecule has 1 atom stereocenters. The van der Waals surface area contributed by atoms with Crippen LogP contribution in [-0.2, 0) is 11.3 Å². The van der Waals surface area contributed by atoms with Gasteiger partial charge in [-0.05, 0) is 43.7 Å². The van der Waals surface area contributed by atoms with Gasteiger partial charge in [0.1, 0.15) is 12.3 Å². The molecule has 1 aliphatic rings. The predicted molar refractivity (Wildman–Crippen MR) is 88.0 cm³/mol. The number of nitrogens with zero attached hydrogens (tertiary/aromatic N) is 2. The van der Waals surface area contributed by atoms with Crippen molar-refractivity contribution in [3.05, 3.63) is 40.7 Å². The third kappa shape index (κ3) is 3.69. The maximum atomic E-state index is 11.2. The molecule has 1 saturated heterocycles. The van der Waals surface area contributed by atoms with Crippen LogP contribution in [0.5, 0.6) is 0 Å². The summed E-state index contributed by atoms with van der Waals surface area (Å²) in [7, 11) is 0. The standard InChI is InChI=1S/C15H15BrN2O3.ClH/c16-11-5-3-10(4-6-11)14-17-12(9-21-14)8-18-7-1-2-13(18)15(19)20;/h3-6,9,13H,1-2,7-8H2,(H,19,20);1H/t13-;/m1./s1. The van der Waals surface area contributed by atoms with Crippen LogP contribution in [-0.4, -0.2) is 33.5 Å². The lowest BCUT2D eigenvalue weighted by Gasteiger charge is -2.19. The maximum Gasteiger partial charge on any atom is 0.320 e. The van der Waals surface area contributed by atoms with Gasteiger partial charge in [-0.1, -0.05) is 15.9 Å². The van der Waals surface area contributed by atoms with Crippen molar-refractivity contribution in [1.29, 1.82) is 0 Å². The monoisotopic (exact) mass is 386 g/mol. The molecule has 5 nitrogen and oxygen atoms in total. The highest BCUT2D eigenvalue weighted by Crippen LogP contribution is 2.24. The van der Waals surface area contributed by atoms with E-state index < -0.39 is 12.0 Å². The molecule has 1 aliphatic heterocycles. The molecule has 1 N–H and O–H groups in total. The number of aromatic nitrogens is 1. The molecule has 1 aromatic carbocycles. The van der Waals surface area contributed by atoms with E-state index in [4.69, 9.17) is 4.42 Å².